The molecule has 1 N–H and O–H groups in total. The van der Waals surface area contributed by atoms with Crippen molar-refractivity contribution in [1.82, 2.24) is 9.97 Å². The quantitative estimate of drug-likeness (QED) is 0.938. The highest BCUT2D eigenvalue weighted by molar-refractivity contribution is 5.88. The van der Waals surface area contributed by atoms with Crippen molar-refractivity contribution in [3.05, 3.63) is 36.5 Å². The molecule has 1 aliphatic rings. The molecule has 0 aliphatic carbocycles. The van der Waals surface area contributed by atoms with E-state index in [-0.39, 0.29) is 5.91 Å². The molecule has 6 nitrogen and oxygen atoms in total. The lowest BCUT2D eigenvalue weighted by Gasteiger charge is -2.27. The van der Waals surface area contributed by atoms with Crippen LogP contribution in [0.1, 0.15) is 6.92 Å². The minimum absolute atomic E-state index is 0.0849. The van der Waals surface area contributed by atoms with Crippen molar-refractivity contribution >= 4 is 17.4 Å². The van der Waals surface area contributed by atoms with Gasteiger partial charge in [0.1, 0.15) is 5.82 Å². The molecule has 0 bridgehead atoms. The third-order valence-electron chi connectivity index (χ3n) is 3.44. The van der Waals surface area contributed by atoms with Crippen molar-refractivity contribution in [3.8, 4) is 11.4 Å². The van der Waals surface area contributed by atoms with Crippen LogP contribution in [0.5, 0.6) is 0 Å². The van der Waals surface area contributed by atoms with Gasteiger partial charge in [-0.1, -0.05) is 0 Å². The minimum atomic E-state index is -0.0849. The van der Waals surface area contributed by atoms with Crippen molar-refractivity contribution < 1.29 is 9.53 Å². The summed E-state index contributed by atoms with van der Waals surface area (Å²) in [7, 11) is 0. The van der Waals surface area contributed by atoms with Gasteiger partial charge in [0.15, 0.2) is 5.82 Å². The van der Waals surface area contributed by atoms with Crippen LogP contribution in [-0.2, 0) is 9.53 Å². The van der Waals surface area contributed by atoms with E-state index < -0.39 is 0 Å². The first-order valence-corrected chi connectivity index (χ1v) is 7.26. The van der Waals surface area contributed by atoms with E-state index in [9.17, 15) is 4.79 Å². The molecule has 6 heteroatoms. The van der Waals surface area contributed by atoms with E-state index in [1.807, 2.05) is 30.3 Å². The first kappa shape index (κ1) is 14.5. The minimum Gasteiger partial charge on any atom is -0.378 e. The first-order valence-electron chi connectivity index (χ1n) is 7.26. The Morgan fingerprint density at radius 1 is 1.18 bits per heavy atom. The normalized spacial score (nSPS) is 14.7. The Morgan fingerprint density at radius 2 is 1.91 bits per heavy atom. The van der Waals surface area contributed by atoms with Gasteiger partial charge in [0, 0.05) is 37.5 Å². The topological polar surface area (TPSA) is 67.4 Å². The summed E-state index contributed by atoms with van der Waals surface area (Å²) in [4.78, 5) is 22.2. The number of morpholine rings is 1. The summed E-state index contributed by atoms with van der Waals surface area (Å²) in [6, 6.07) is 9.43. The zero-order valence-corrected chi connectivity index (χ0v) is 12.5. The maximum absolute atomic E-state index is 11.0. The molecule has 0 unspecified atom stereocenters. The summed E-state index contributed by atoms with van der Waals surface area (Å²) in [5.74, 6) is 1.51. The van der Waals surface area contributed by atoms with Gasteiger partial charge < -0.3 is 15.0 Å². The van der Waals surface area contributed by atoms with Crippen LogP contribution >= 0.6 is 0 Å². The lowest BCUT2D eigenvalue weighted by Crippen LogP contribution is -2.36. The average molecular weight is 298 g/mol. The van der Waals surface area contributed by atoms with E-state index in [4.69, 9.17) is 4.74 Å². The Morgan fingerprint density at radius 3 is 2.59 bits per heavy atom. The average Bonchev–Trinajstić information content (AvgIpc) is 2.56. The van der Waals surface area contributed by atoms with E-state index in [0.29, 0.717) is 5.82 Å². The van der Waals surface area contributed by atoms with Crippen molar-refractivity contribution in [2.45, 2.75) is 6.92 Å². The van der Waals surface area contributed by atoms with Crippen LogP contribution in [0.25, 0.3) is 11.4 Å². The zero-order chi connectivity index (χ0) is 15.4. The molecule has 1 aromatic heterocycles. The Bertz CT molecular complexity index is 651. The second-order valence-corrected chi connectivity index (χ2v) is 5.10. The van der Waals surface area contributed by atoms with Crippen LogP contribution in [0.2, 0.25) is 0 Å². The van der Waals surface area contributed by atoms with Gasteiger partial charge in [-0.05, 0) is 30.3 Å². The van der Waals surface area contributed by atoms with Crippen molar-refractivity contribution in [2.75, 3.05) is 36.5 Å². The molecule has 2 heterocycles. The zero-order valence-electron chi connectivity index (χ0n) is 12.5. The fraction of sp³-hybridized carbons (Fsp3) is 0.312. The number of carbonyl (C=O) groups excluding carboxylic acids is 1. The number of benzene rings is 1. The largest absolute Gasteiger partial charge is 0.378 e. The fourth-order valence-electron chi connectivity index (χ4n) is 2.36. The summed E-state index contributed by atoms with van der Waals surface area (Å²) >= 11 is 0. The number of nitrogens with one attached hydrogen (secondary N) is 1. The standard InChI is InChI=1S/C16H18N4O2/c1-12(21)18-14-4-2-13(3-5-14)16-17-7-6-15(19-16)20-8-10-22-11-9-20/h2-7H,8-11H2,1H3,(H,18,21). The smallest absolute Gasteiger partial charge is 0.221 e. The van der Waals surface area contributed by atoms with E-state index in [0.717, 1.165) is 43.4 Å². The Kier molecular flexibility index (Phi) is 4.29. The van der Waals surface area contributed by atoms with Gasteiger partial charge in [-0.15, -0.1) is 0 Å². The summed E-state index contributed by atoms with van der Waals surface area (Å²) in [6.07, 6.45) is 1.77. The molecule has 114 valence electrons. The highest BCUT2D eigenvalue weighted by Gasteiger charge is 2.13. The number of nitrogens with zero attached hydrogens (tertiary/aromatic N) is 3. The van der Waals surface area contributed by atoms with Crippen LogP contribution in [-0.4, -0.2) is 42.2 Å². The SMILES string of the molecule is CC(=O)Nc1ccc(-c2nccc(N3CCOCC3)n2)cc1. The van der Waals surface area contributed by atoms with Crippen LogP contribution in [0, 0.1) is 0 Å². The summed E-state index contributed by atoms with van der Waals surface area (Å²) < 4.78 is 5.36. The number of rotatable bonds is 3. The molecule has 2 aromatic rings. The molecule has 22 heavy (non-hydrogen) atoms. The fourth-order valence-corrected chi connectivity index (χ4v) is 2.36. The summed E-state index contributed by atoms with van der Waals surface area (Å²) in [5.41, 5.74) is 1.68. The number of carbonyl (C=O) groups is 1. The Labute approximate surface area is 129 Å². The predicted molar refractivity (Wildman–Crippen MR) is 84.8 cm³/mol. The van der Waals surface area contributed by atoms with Gasteiger partial charge in [-0.3, -0.25) is 4.79 Å². The van der Waals surface area contributed by atoms with Crippen molar-refractivity contribution in [3.63, 3.8) is 0 Å². The van der Waals surface area contributed by atoms with Crippen molar-refractivity contribution in [2.24, 2.45) is 0 Å². The highest BCUT2D eigenvalue weighted by atomic mass is 16.5. The lowest BCUT2D eigenvalue weighted by molar-refractivity contribution is -0.114. The number of aromatic nitrogens is 2. The van der Waals surface area contributed by atoms with E-state index in [1.54, 1.807) is 6.20 Å². The third kappa shape index (κ3) is 3.40. The summed E-state index contributed by atoms with van der Waals surface area (Å²) in [6.45, 7) is 4.63. The van der Waals surface area contributed by atoms with Crippen LogP contribution in [0.15, 0.2) is 36.5 Å². The monoisotopic (exact) mass is 298 g/mol. The number of hydrogen-bond donors (Lipinski definition) is 1. The van der Waals surface area contributed by atoms with E-state index in [2.05, 4.69) is 20.2 Å². The third-order valence-corrected chi connectivity index (χ3v) is 3.44. The van der Waals surface area contributed by atoms with Gasteiger partial charge in [0.05, 0.1) is 13.2 Å². The molecule has 1 aromatic carbocycles. The molecule has 3 rings (SSSR count). The molecule has 0 saturated carbocycles. The van der Waals surface area contributed by atoms with Gasteiger partial charge >= 0.3 is 0 Å². The second kappa shape index (κ2) is 6.53. The molecular weight excluding hydrogens is 280 g/mol. The maximum atomic E-state index is 11.0. The van der Waals surface area contributed by atoms with E-state index in [1.165, 1.54) is 6.92 Å². The maximum Gasteiger partial charge on any atom is 0.221 e. The van der Waals surface area contributed by atoms with E-state index >= 15 is 0 Å². The molecule has 1 fully saturated rings. The predicted octanol–water partition coefficient (Wildman–Crippen LogP) is 1.94. The highest BCUT2D eigenvalue weighted by Crippen LogP contribution is 2.21. The van der Waals surface area contributed by atoms with Gasteiger partial charge in [0.2, 0.25) is 5.91 Å². The molecular formula is C16H18N4O2. The molecule has 0 radical (unpaired) electrons. The Hall–Kier alpha value is -2.47. The number of amides is 1. The van der Waals surface area contributed by atoms with Gasteiger partial charge in [0.25, 0.3) is 0 Å². The molecule has 1 aliphatic heterocycles. The number of anilines is 2. The number of hydrogen-bond acceptors (Lipinski definition) is 5. The Balaban J connectivity index is 1.80. The van der Waals surface area contributed by atoms with Crippen LogP contribution in [0.3, 0.4) is 0 Å². The van der Waals surface area contributed by atoms with Crippen LogP contribution in [0.4, 0.5) is 11.5 Å². The number of ether oxygens (including phenoxy) is 1. The van der Waals surface area contributed by atoms with Gasteiger partial charge in [-0.25, -0.2) is 9.97 Å². The molecule has 0 atom stereocenters. The lowest BCUT2D eigenvalue weighted by atomic mass is 10.2. The summed E-state index contributed by atoms with van der Waals surface area (Å²) in [5, 5.41) is 2.74. The van der Waals surface area contributed by atoms with Crippen LogP contribution < -0.4 is 10.2 Å². The van der Waals surface area contributed by atoms with Crippen molar-refractivity contribution in [1.29, 1.82) is 0 Å². The molecule has 1 amide bonds. The molecule has 0 spiro atoms. The second-order valence-electron chi connectivity index (χ2n) is 5.10. The first-order chi connectivity index (χ1) is 10.7. The molecule has 1 saturated heterocycles. The van der Waals surface area contributed by atoms with Gasteiger partial charge in [-0.2, -0.15) is 0 Å².